The van der Waals surface area contributed by atoms with Crippen LogP contribution in [0, 0.1) is 23.5 Å². The number of anilines is 1. The number of carbonyl (C=O) groups is 2. The first-order valence-electron chi connectivity index (χ1n) is 9.98. The molecule has 4 rings (SSSR count). The number of halogens is 2. The van der Waals surface area contributed by atoms with Crippen LogP contribution >= 0.6 is 0 Å². The largest absolute Gasteiger partial charge is 0.493 e. The molecule has 3 N–H and O–H groups in total. The van der Waals surface area contributed by atoms with Crippen molar-refractivity contribution in [3.05, 3.63) is 53.4 Å². The highest BCUT2D eigenvalue weighted by Crippen LogP contribution is 2.60. The Labute approximate surface area is 172 Å². The van der Waals surface area contributed by atoms with Crippen LogP contribution in [0.5, 0.6) is 5.75 Å². The summed E-state index contributed by atoms with van der Waals surface area (Å²) >= 11 is 0. The summed E-state index contributed by atoms with van der Waals surface area (Å²) in [6, 6.07) is 5.43. The lowest BCUT2D eigenvalue weighted by atomic mass is 9.46. The molecule has 2 aromatic rings. The normalized spacial score (nSPS) is 25.0. The van der Waals surface area contributed by atoms with Crippen molar-refractivity contribution >= 4 is 17.5 Å². The fourth-order valence-corrected chi connectivity index (χ4v) is 5.17. The predicted molar refractivity (Wildman–Crippen MR) is 106 cm³/mol. The zero-order valence-electron chi connectivity index (χ0n) is 16.6. The van der Waals surface area contributed by atoms with Crippen molar-refractivity contribution in [1.29, 1.82) is 0 Å². The number of pyridine rings is 1. The lowest BCUT2D eigenvalue weighted by molar-refractivity contribution is -0.134. The molecule has 2 aliphatic carbocycles. The highest BCUT2D eigenvalue weighted by atomic mass is 19.2. The Balaban J connectivity index is 1.76. The summed E-state index contributed by atoms with van der Waals surface area (Å²) < 4.78 is 33.6. The number of ether oxygens (including phenoxy) is 1. The molecule has 0 saturated heterocycles. The molecule has 1 aromatic carbocycles. The quantitative estimate of drug-likeness (QED) is 0.781. The maximum Gasteiger partial charge on any atom is 0.267 e. The molecular formula is C22H23F2N3O3. The number of hydrogen-bond acceptors (Lipinski definition) is 4. The first-order chi connectivity index (χ1) is 14.4. The maximum atomic E-state index is 14.5. The van der Waals surface area contributed by atoms with Crippen molar-refractivity contribution in [1.82, 2.24) is 4.98 Å². The standard InChI is InChI=1S/C22H23F2N3O3/c1-30-19-15(6-7-16(23)18(19)24)22(11-12-4-2-3-5-14(12)22)21(29)27-13-8-9-26-17(10-13)20(25)28/h6-10,12,14H,2-5,11H2,1H3,(H2,25,28)(H,26,27,29). The number of nitrogens with one attached hydrogen (secondary N) is 1. The van der Waals surface area contributed by atoms with Gasteiger partial charge >= 0.3 is 0 Å². The van der Waals surface area contributed by atoms with E-state index in [-0.39, 0.29) is 23.3 Å². The first kappa shape index (κ1) is 20.3. The Morgan fingerprint density at radius 3 is 2.70 bits per heavy atom. The summed E-state index contributed by atoms with van der Waals surface area (Å²) in [5.74, 6) is -3.05. The Morgan fingerprint density at radius 2 is 2.00 bits per heavy atom. The van der Waals surface area contributed by atoms with E-state index in [9.17, 15) is 18.4 Å². The Hall–Kier alpha value is -3.03. The van der Waals surface area contributed by atoms with Crippen LogP contribution in [-0.2, 0) is 10.2 Å². The number of nitrogens with zero attached hydrogens (tertiary/aromatic N) is 1. The van der Waals surface area contributed by atoms with Crippen molar-refractivity contribution in [3.63, 3.8) is 0 Å². The van der Waals surface area contributed by atoms with Gasteiger partial charge in [-0.1, -0.05) is 25.3 Å². The van der Waals surface area contributed by atoms with Crippen molar-refractivity contribution in [2.45, 2.75) is 37.5 Å². The number of primary amides is 1. The van der Waals surface area contributed by atoms with Gasteiger partial charge in [0, 0.05) is 17.4 Å². The minimum atomic E-state index is -1.10. The monoisotopic (exact) mass is 415 g/mol. The van der Waals surface area contributed by atoms with Gasteiger partial charge in [-0.25, -0.2) is 4.39 Å². The SMILES string of the molecule is COc1c(C2(C(=O)Nc3ccnc(C(N)=O)c3)CC3CCCCC32)ccc(F)c1F. The summed E-state index contributed by atoms with van der Waals surface area (Å²) in [4.78, 5) is 28.9. The molecule has 158 valence electrons. The second-order valence-corrected chi connectivity index (χ2v) is 8.02. The number of carbonyl (C=O) groups excluding carboxylic acids is 2. The second-order valence-electron chi connectivity index (χ2n) is 8.02. The molecule has 0 bridgehead atoms. The zero-order chi connectivity index (χ0) is 21.5. The number of nitrogens with two attached hydrogens (primary N) is 1. The molecule has 3 unspecified atom stereocenters. The summed E-state index contributed by atoms with van der Waals surface area (Å²) in [6.07, 6.45) is 5.81. The number of rotatable bonds is 5. The van der Waals surface area contributed by atoms with Gasteiger partial charge in [-0.3, -0.25) is 14.6 Å². The van der Waals surface area contributed by atoms with Gasteiger partial charge in [0.15, 0.2) is 11.6 Å². The van der Waals surface area contributed by atoms with Crippen LogP contribution in [0.15, 0.2) is 30.5 Å². The highest BCUT2D eigenvalue weighted by molar-refractivity contribution is 6.02. The van der Waals surface area contributed by atoms with E-state index in [1.165, 1.54) is 25.4 Å². The van der Waals surface area contributed by atoms with Crippen LogP contribution in [0.1, 0.15) is 48.2 Å². The summed E-state index contributed by atoms with van der Waals surface area (Å²) in [6.45, 7) is 0. The smallest absolute Gasteiger partial charge is 0.267 e. The molecule has 2 saturated carbocycles. The fourth-order valence-electron chi connectivity index (χ4n) is 5.17. The molecule has 8 heteroatoms. The Morgan fingerprint density at radius 1 is 1.23 bits per heavy atom. The third-order valence-electron chi connectivity index (χ3n) is 6.54. The molecular weight excluding hydrogens is 392 g/mol. The molecule has 1 heterocycles. The van der Waals surface area contributed by atoms with Crippen molar-refractivity contribution in [2.75, 3.05) is 12.4 Å². The predicted octanol–water partition coefficient (Wildman–Crippen LogP) is 3.55. The summed E-state index contributed by atoms with van der Waals surface area (Å²) in [7, 11) is 1.27. The van der Waals surface area contributed by atoms with E-state index in [1.807, 2.05) is 0 Å². The summed E-state index contributed by atoms with van der Waals surface area (Å²) in [5, 5.41) is 2.84. The number of aromatic nitrogens is 1. The molecule has 2 amide bonds. The maximum absolute atomic E-state index is 14.5. The van der Waals surface area contributed by atoms with Crippen molar-refractivity contribution in [3.8, 4) is 5.75 Å². The van der Waals surface area contributed by atoms with Gasteiger partial charge < -0.3 is 15.8 Å². The van der Waals surface area contributed by atoms with E-state index >= 15 is 0 Å². The van der Waals surface area contributed by atoms with Gasteiger partial charge in [-0.2, -0.15) is 4.39 Å². The lowest BCUT2D eigenvalue weighted by Crippen LogP contribution is -2.59. The van der Waals surface area contributed by atoms with E-state index < -0.39 is 23.0 Å². The molecule has 2 fully saturated rings. The van der Waals surface area contributed by atoms with E-state index in [2.05, 4.69) is 10.3 Å². The number of hydrogen-bond donors (Lipinski definition) is 2. The average molecular weight is 415 g/mol. The van der Waals surface area contributed by atoms with Crippen LogP contribution in [0.3, 0.4) is 0 Å². The minimum absolute atomic E-state index is 0.00228. The van der Waals surface area contributed by atoms with Crippen LogP contribution in [0.4, 0.5) is 14.5 Å². The third-order valence-corrected chi connectivity index (χ3v) is 6.54. The van der Waals surface area contributed by atoms with Gasteiger partial charge in [-0.05, 0) is 42.9 Å². The van der Waals surface area contributed by atoms with Crippen LogP contribution in [-0.4, -0.2) is 23.9 Å². The molecule has 0 radical (unpaired) electrons. The van der Waals surface area contributed by atoms with Crippen molar-refractivity contribution < 1.29 is 23.1 Å². The molecule has 0 aliphatic heterocycles. The van der Waals surface area contributed by atoms with E-state index in [0.29, 0.717) is 23.6 Å². The molecule has 1 aromatic heterocycles. The first-order valence-corrected chi connectivity index (χ1v) is 9.98. The molecule has 0 spiro atoms. The Kier molecular flexibility index (Phi) is 5.17. The highest BCUT2D eigenvalue weighted by Gasteiger charge is 2.60. The second kappa shape index (κ2) is 7.66. The van der Waals surface area contributed by atoms with Crippen molar-refractivity contribution in [2.24, 2.45) is 17.6 Å². The lowest BCUT2D eigenvalue weighted by Gasteiger charge is -2.56. The number of methoxy groups -OCH3 is 1. The molecule has 30 heavy (non-hydrogen) atoms. The van der Waals surface area contributed by atoms with Gasteiger partial charge in [0.25, 0.3) is 5.91 Å². The van der Waals surface area contributed by atoms with Gasteiger partial charge in [0.1, 0.15) is 5.69 Å². The van der Waals surface area contributed by atoms with Crippen LogP contribution in [0.2, 0.25) is 0 Å². The van der Waals surface area contributed by atoms with E-state index in [0.717, 1.165) is 31.7 Å². The average Bonchev–Trinajstić information content (AvgIpc) is 2.72. The number of benzene rings is 1. The fraction of sp³-hybridized carbons (Fsp3) is 0.409. The van der Waals surface area contributed by atoms with E-state index in [4.69, 9.17) is 10.5 Å². The molecule has 3 atom stereocenters. The third kappa shape index (κ3) is 3.11. The Bertz CT molecular complexity index is 1010. The zero-order valence-corrected chi connectivity index (χ0v) is 16.6. The summed E-state index contributed by atoms with van der Waals surface area (Å²) in [5.41, 5.74) is 4.98. The molecule has 6 nitrogen and oxygen atoms in total. The molecule has 2 aliphatic rings. The number of fused-ring (bicyclic) bond motifs is 1. The van der Waals surface area contributed by atoms with Gasteiger partial charge in [0.05, 0.1) is 12.5 Å². The van der Waals surface area contributed by atoms with Crippen LogP contribution in [0.25, 0.3) is 0 Å². The topological polar surface area (TPSA) is 94.3 Å². The van der Waals surface area contributed by atoms with Gasteiger partial charge in [0.2, 0.25) is 11.7 Å². The van der Waals surface area contributed by atoms with Gasteiger partial charge in [-0.15, -0.1) is 0 Å². The minimum Gasteiger partial charge on any atom is -0.493 e. The van der Waals surface area contributed by atoms with E-state index in [1.54, 1.807) is 6.07 Å². The van der Waals surface area contributed by atoms with Crippen LogP contribution < -0.4 is 15.8 Å². The number of amides is 2.